The van der Waals surface area contributed by atoms with Gasteiger partial charge in [-0.05, 0) is 37.1 Å². The van der Waals surface area contributed by atoms with E-state index in [-0.39, 0.29) is 17.9 Å². The minimum absolute atomic E-state index is 0.120. The van der Waals surface area contributed by atoms with Crippen LogP contribution in [0.1, 0.15) is 18.5 Å². The number of amides is 3. The van der Waals surface area contributed by atoms with Crippen molar-refractivity contribution in [1.29, 1.82) is 0 Å². The zero-order chi connectivity index (χ0) is 22.6. The van der Waals surface area contributed by atoms with Crippen molar-refractivity contribution in [2.24, 2.45) is 5.92 Å². The summed E-state index contributed by atoms with van der Waals surface area (Å²) in [6.45, 7) is 5.09. The number of para-hydroxylation sites is 1. The summed E-state index contributed by atoms with van der Waals surface area (Å²) in [7, 11) is 0. The third kappa shape index (κ3) is 5.01. The lowest BCUT2D eigenvalue weighted by molar-refractivity contribution is -0.138. The number of likely N-dealkylation sites (tertiary alicyclic amines) is 1. The van der Waals surface area contributed by atoms with Crippen molar-refractivity contribution in [3.8, 4) is 0 Å². The molecule has 0 bridgehead atoms. The van der Waals surface area contributed by atoms with Crippen LogP contribution in [0.25, 0.3) is 5.65 Å². The summed E-state index contributed by atoms with van der Waals surface area (Å²) in [5, 5.41) is 2.94. The molecule has 0 saturated carbocycles. The molecule has 1 N–H and O–H groups in total. The molecular weight excluding hydrogens is 416 g/mol. The molecule has 1 aromatic carbocycles. The molecule has 0 radical (unpaired) electrons. The molecule has 4 heterocycles. The maximum absolute atomic E-state index is 13.2. The molecule has 2 aliphatic rings. The number of aromatic nitrogens is 2. The molecule has 5 rings (SSSR count). The quantitative estimate of drug-likeness (QED) is 0.669. The van der Waals surface area contributed by atoms with E-state index in [1.165, 1.54) is 0 Å². The van der Waals surface area contributed by atoms with Crippen LogP contribution in [-0.4, -0.2) is 75.3 Å². The van der Waals surface area contributed by atoms with Gasteiger partial charge in [-0.15, -0.1) is 0 Å². The molecule has 8 nitrogen and oxygen atoms in total. The van der Waals surface area contributed by atoms with Gasteiger partial charge >= 0.3 is 6.03 Å². The van der Waals surface area contributed by atoms with E-state index in [1.807, 2.05) is 64.0 Å². The zero-order valence-corrected chi connectivity index (χ0v) is 18.8. The fourth-order valence-corrected chi connectivity index (χ4v) is 4.76. The second-order valence-corrected chi connectivity index (χ2v) is 8.88. The van der Waals surface area contributed by atoms with Crippen LogP contribution in [0, 0.1) is 5.92 Å². The monoisotopic (exact) mass is 446 g/mol. The van der Waals surface area contributed by atoms with Crippen molar-refractivity contribution in [3.63, 3.8) is 0 Å². The number of nitrogens with zero attached hydrogens (tertiary/aromatic N) is 5. The fourth-order valence-electron chi connectivity index (χ4n) is 4.76. The Morgan fingerprint density at radius 1 is 0.939 bits per heavy atom. The average Bonchev–Trinajstić information content (AvgIpc) is 3.27. The summed E-state index contributed by atoms with van der Waals surface area (Å²) in [6, 6.07) is 15.3. The van der Waals surface area contributed by atoms with E-state index in [9.17, 15) is 9.59 Å². The van der Waals surface area contributed by atoms with Crippen LogP contribution >= 0.6 is 0 Å². The average molecular weight is 447 g/mol. The molecule has 33 heavy (non-hydrogen) atoms. The maximum Gasteiger partial charge on any atom is 0.321 e. The standard InChI is InChI=1S/C25H30N6O2/c32-24(20-7-6-12-31(17-20)25(33)27-21-8-2-1-3-9-21)29-15-13-28(14-16-29)18-22-19-30-11-5-4-10-23(30)26-22/h1-5,8-11,19-20H,6-7,12-18H2,(H,27,33). The molecule has 0 aliphatic carbocycles. The van der Waals surface area contributed by atoms with Crippen LogP contribution in [0.5, 0.6) is 0 Å². The van der Waals surface area contributed by atoms with Gasteiger partial charge in [-0.25, -0.2) is 9.78 Å². The van der Waals surface area contributed by atoms with E-state index in [0.29, 0.717) is 13.1 Å². The lowest BCUT2D eigenvalue weighted by atomic mass is 9.96. The zero-order valence-electron chi connectivity index (χ0n) is 18.8. The Balaban J connectivity index is 1.12. The Labute approximate surface area is 193 Å². The number of hydrogen-bond donors (Lipinski definition) is 1. The predicted octanol–water partition coefficient (Wildman–Crippen LogP) is 2.92. The minimum atomic E-state index is -0.129. The molecule has 3 amide bonds. The number of benzene rings is 1. The number of fused-ring (bicyclic) bond motifs is 1. The second kappa shape index (κ2) is 9.62. The SMILES string of the molecule is O=C(Nc1ccccc1)N1CCCC(C(=O)N2CCN(Cc3cn4ccccc4n3)CC2)C1. The number of anilines is 1. The van der Waals surface area contributed by atoms with E-state index in [2.05, 4.69) is 21.4 Å². The van der Waals surface area contributed by atoms with E-state index in [0.717, 1.165) is 62.6 Å². The summed E-state index contributed by atoms with van der Waals surface area (Å²) in [6.07, 6.45) is 5.78. The first-order valence-corrected chi connectivity index (χ1v) is 11.7. The summed E-state index contributed by atoms with van der Waals surface area (Å²) >= 11 is 0. The lowest BCUT2D eigenvalue weighted by Crippen LogP contribution is -2.53. The van der Waals surface area contributed by atoms with Gasteiger partial charge in [0.05, 0.1) is 11.6 Å². The molecule has 8 heteroatoms. The van der Waals surface area contributed by atoms with Crippen LogP contribution in [-0.2, 0) is 11.3 Å². The van der Waals surface area contributed by atoms with Gasteiger partial charge in [0.15, 0.2) is 0 Å². The van der Waals surface area contributed by atoms with Gasteiger partial charge in [0.25, 0.3) is 0 Å². The number of pyridine rings is 1. The number of piperazine rings is 1. The molecule has 2 aliphatic heterocycles. The van der Waals surface area contributed by atoms with Gasteiger partial charge in [0.2, 0.25) is 5.91 Å². The van der Waals surface area contributed by atoms with Crippen LogP contribution in [0.2, 0.25) is 0 Å². The molecule has 3 aromatic rings. The maximum atomic E-state index is 13.2. The van der Waals surface area contributed by atoms with Crippen molar-refractivity contribution in [2.45, 2.75) is 19.4 Å². The van der Waals surface area contributed by atoms with Crippen molar-refractivity contribution in [1.82, 2.24) is 24.1 Å². The smallest absolute Gasteiger partial charge is 0.321 e. The Kier molecular flexibility index (Phi) is 6.26. The number of carbonyl (C=O) groups excluding carboxylic acids is 2. The van der Waals surface area contributed by atoms with Crippen LogP contribution in [0.15, 0.2) is 60.9 Å². The minimum Gasteiger partial charge on any atom is -0.340 e. The van der Waals surface area contributed by atoms with Crippen molar-refractivity contribution >= 4 is 23.3 Å². The highest BCUT2D eigenvalue weighted by Gasteiger charge is 2.32. The number of nitrogens with one attached hydrogen (secondary N) is 1. The number of rotatable bonds is 4. The molecule has 172 valence electrons. The van der Waals surface area contributed by atoms with Crippen LogP contribution < -0.4 is 5.32 Å². The third-order valence-corrected chi connectivity index (χ3v) is 6.57. The van der Waals surface area contributed by atoms with Gasteiger partial charge in [-0.1, -0.05) is 24.3 Å². The first kappa shape index (κ1) is 21.5. The molecule has 0 spiro atoms. The third-order valence-electron chi connectivity index (χ3n) is 6.57. The van der Waals surface area contributed by atoms with Gasteiger partial charge in [0.1, 0.15) is 5.65 Å². The first-order valence-electron chi connectivity index (χ1n) is 11.7. The van der Waals surface area contributed by atoms with Crippen molar-refractivity contribution < 1.29 is 9.59 Å². The Bertz CT molecular complexity index is 1070. The van der Waals surface area contributed by atoms with Crippen molar-refractivity contribution in [3.05, 3.63) is 66.6 Å². The normalized spacial score (nSPS) is 19.6. The predicted molar refractivity (Wildman–Crippen MR) is 127 cm³/mol. The van der Waals surface area contributed by atoms with E-state index in [4.69, 9.17) is 0 Å². The summed E-state index contributed by atoms with van der Waals surface area (Å²) < 4.78 is 2.04. The Hall–Kier alpha value is -3.39. The van der Waals surface area contributed by atoms with Gasteiger partial charge in [-0.2, -0.15) is 0 Å². The largest absolute Gasteiger partial charge is 0.340 e. The van der Waals surface area contributed by atoms with E-state index < -0.39 is 0 Å². The molecule has 2 saturated heterocycles. The number of carbonyl (C=O) groups is 2. The van der Waals surface area contributed by atoms with Crippen LogP contribution in [0.3, 0.4) is 0 Å². The fraction of sp³-hybridized carbons (Fsp3) is 0.400. The second-order valence-electron chi connectivity index (χ2n) is 8.88. The lowest BCUT2D eigenvalue weighted by Gasteiger charge is -2.38. The summed E-state index contributed by atoms with van der Waals surface area (Å²) in [5.74, 6) is 0.0601. The highest BCUT2D eigenvalue weighted by atomic mass is 16.2. The summed E-state index contributed by atoms with van der Waals surface area (Å²) in [5.41, 5.74) is 2.78. The number of imidazole rings is 1. The first-order chi connectivity index (χ1) is 16.2. The number of piperidine rings is 1. The number of urea groups is 1. The molecular formula is C25H30N6O2. The Morgan fingerprint density at radius 2 is 1.73 bits per heavy atom. The van der Waals surface area contributed by atoms with Gasteiger partial charge in [0, 0.05) is 63.9 Å². The molecule has 1 atom stereocenters. The van der Waals surface area contributed by atoms with Crippen molar-refractivity contribution in [2.75, 3.05) is 44.6 Å². The van der Waals surface area contributed by atoms with E-state index in [1.54, 1.807) is 4.90 Å². The summed E-state index contributed by atoms with van der Waals surface area (Å²) in [4.78, 5) is 36.7. The number of hydrogen-bond acceptors (Lipinski definition) is 4. The topological polar surface area (TPSA) is 73.2 Å². The van der Waals surface area contributed by atoms with Crippen LogP contribution in [0.4, 0.5) is 10.5 Å². The Morgan fingerprint density at radius 3 is 2.52 bits per heavy atom. The molecule has 2 fully saturated rings. The van der Waals surface area contributed by atoms with E-state index >= 15 is 0 Å². The molecule has 2 aromatic heterocycles. The molecule has 1 unspecified atom stereocenters. The highest BCUT2D eigenvalue weighted by Crippen LogP contribution is 2.21. The highest BCUT2D eigenvalue weighted by molar-refractivity contribution is 5.90. The van der Waals surface area contributed by atoms with Gasteiger partial charge in [-0.3, -0.25) is 9.69 Å². The van der Waals surface area contributed by atoms with Gasteiger partial charge < -0.3 is 19.5 Å².